The molecule has 0 spiro atoms. The van der Waals surface area contributed by atoms with Crippen molar-refractivity contribution in [2.45, 2.75) is 38.2 Å². The summed E-state index contributed by atoms with van der Waals surface area (Å²) in [5.41, 5.74) is 3.61. The largest absolute Gasteiger partial charge is 0.465 e. The highest BCUT2D eigenvalue weighted by molar-refractivity contribution is 6.30. The van der Waals surface area contributed by atoms with Gasteiger partial charge in [0.15, 0.2) is 11.5 Å². The van der Waals surface area contributed by atoms with E-state index in [0.29, 0.717) is 53.3 Å². The summed E-state index contributed by atoms with van der Waals surface area (Å²) in [5.74, 6) is -1.49. The predicted octanol–water partition coefficient (Wildman–Crippen LogP) is 7.45. The van der Waals surface area contributed by atoms with Crippen molar-refractivity contribution in [1.29, 1.82) is 0 Å². The number of carbonyl (C=O) groups is 1. The van der Waals surface area contributed by atoms with E-state index in [1.165, 1.54) is 25.3 Å². The van der Waals surface area contributed by atoms with Crippen molar-refractivity contribution in [3.63, 3.8) is 0 Å². The van der Waals surface area contributed by atoms with Gasteiger partial charge in [-0.2, -0.15) is 0 Å². The molecule has 5 aromatic rings. The number of hydrogen-bond donors (Lipinski definition) is 0. The Bertz CT molecular complexity index is 1940. The number of rotatable bonds is 7. The van der Waals surface area contributed by atoms with Gasteiger partial charge in [0.25, 0.3) is 5.79 Å². The molecule has 2 aliphatic heterocycles. The molecular weight excluding hydrogens is 590 g/mol. The van der Waals surface area contributed by atoms with Crippen LogP contribution in [0.3, 0.4) is 0 Å². The van der Waals surface area contributed by atoms with Gasteiger partial charge in [0, 0.05) is 36.1 Å². The van der Waals surface area contributed by atoms with Gasteiger partial charge in [0.2, 0.25) is 0 Å². The second-order valence-corrected chi connectivity index (χ2v) is 11.4. The number of methoxy groups -OCH3 is 1. The van der Waals surface area contributed by atoms with Crippen LogP contribution in [0.5, 0.6) is 11.5 Å². The van der Waals surface area contributed by atoms with E-state index in [1.807, 2.05) is 10.6 Å². The van der Waals surface area contributed by atoms with E-state index in [-0.39, 0.29) is 16.7 Å². The molecule has 0 aliphatic carbocycles. The zero-order chi connectivity index (χ0) is 30.6. The Balaban J connectivity index is 1.20. The van der Waals surface area contributed by atoms with Gasteiger partial charge in [-0.15, -0.1) is 0 Å². The number of imidazole rings is 1. The van der Waals surface area contributed by atoms with Crippen molar-refractivity contribution < 1.29 is 32.5 Å². The van der Waals surface area contributed by atoms with E-state index in [9.17, 15) is 9.18 Å². The van der Waals surface area contributed by atoms with Crippen LogP contribution in [0.2, 0.25) is 5.02 Å². The van der Waals surface area contributed by atoms with E-state index in [2.05, 4.69) is 0 Å². The SMILES string of the molecule is COC(=O)c1ccc2nc(Cc3ccc(-c4cccc5c4OC(C)(c4ccc(Cl)cc4F)O5)c(F)c3)n(C[C@@H]3CCO3)c2c1. The van der Waals surface area contributed by atoms with Crippen LogP contribution in [0, 0.1) is 11.6 Å². The maximum absolute atomic E-state index is 15.8. The summed E-state index contributed by atoms with van der Waals surface area (Å²) in [4.78, 5) is 17.0. The molecule has 1 fully saturated rings. The Labute approximate surface area is 256 Å². The van der Waals surface area contributed by atoms with Crippen LogP contribution in [0.1, 0.15) is 40.7 Å². The Kier molecular flexibility index (Phi) is 7.02. The number of benzene rings is 4. The summed E-state index contributed by atoms with van der Waals surface area (Å²) in [6, 6.07) is 19.7. The lowest BCUT2D eigenvalue weighted by Crippen LogP contribution is -2.32. The Morgan fingerprint density at radius 3 is 2.61 bits per heavy atom. The number of esters is 1. The van der Waals surface area contributed by atoms with Gasteiger partial charge in [0.1, 0.15) is 17.5 Å². The van der Waals surface area contributed by atoms with Crippen molar-refractivity contribution in [2.75, 3.05) is 13.7 Å². The van der Waals surface area contributed by atoms with Gasteiger partial charge < -0.3 is 23.5 Å². The molecule has 44 heavy (non-hydrogen) atoms. The fourth-order valence-electron chi connectivity index (χ4n) is 5.76. The first-order chi connectivity index (χ1) is 21.2. The van der Waals surface area contributed by atoms with Crippen LogP contribution in [0.4, 0.5) is 8.78 Å². The second-order valence-electron chi connectivity index (χ2n) is 11.0. The van der Waals surface area contributed by atoms with E-state index in [1.54, 1.807) is 55.5 Å². The molecule has 1 saturated heterocycles. The molecule has 2 aliphatic rings. The highest BCUT2D eigenvalue weighted by Gasteiger charge is 2.42. The lowest BCUT2D eigenvalue weighted by molar-refractivity contribution is -0.0705. The van der Waals surface area contributed by atoms with Crippen molar-refractivity contribution in [3.8, 4) is 22.6 Å². The quantitative estimate of drug-likeness (QED) is 0.177. The molecule has 0 saturated carbocycles. The van der Waals surface area contributed by atoms with Crippen molar-refractivity contribution in [3.05, 3.63) is 112 Å². The number of ether oxygens (including phenoxy) is 4. The molecule has 0 radical (unpaired) electrons. The van der Waals surface area contributed by atoms with Crippen molar-refractivity contribution in [2.24, 2.45) is 0 Å². The highest BCUT2D eigenvalue weighted by Crippen LogP contribution is 2.50. The lowest BCUT2D eigenvalue weighted by atomic mass is 10.0. The summed E-state index contributed by atoms with van der Waals surface area (Å²) in [6.45, 7) is 2.88. The third-order valence-corrected chi connectivity index (χ3v) is 8.35. The van der Waals surface area contributed by atoms with E-state index in [0.717, 1.165) is 23.3 Å². The minimum Gasteiger partial charge on any atom is -0.465 e. The zero-order valence-electron chi connectivity index (χ0n) is 23.9. The van der Waals surface area contributed by atoms with Gasteiger partial charge in [-0.1, -0.05) is 35.9 Å². The van der Waals surface area contributed by atoms with Crippen LogP contribution < -0.4 is 9.47 Å². The molecule has 7 rings (SSSR count). The molecule has 10 heteroatoms. The maximum Gasteiger partial charge on any atom is 0.337 e. The number of fused-ring (bicyclic) bond motifs is 2. The summed E-state index contributed by atoms with van der Waals surface area (Å²) < 4.78 is 55.5. The number of hydrogen-bond acceptors (Lipinski definition) is 6. The molecular formula is C34H27ClF2N2O5. The molecule has 0 N–H and O–H groups in total. The Morgan fingerprint density at radius 2 is 1.89 bits per heavy atom. The fourth-order valence-corrected chi connectivity index (χ4v) is 5.92. The summed E-state index contributed by atoms with van der Waals surface area (Å²) >= 11 is 5.94. The van der Waals surface area contributed by atoms with Crippen LogP contribution in [-0.2, 0) is 28.2 Å². The molecule has 0 amide bonds. The number of para-hydroxylation sites is 1. The van der Waals surface area contributed by atoms with Gasteiger partial charge in [-0.3, -0.25) is 0 Å². The summed E-state index contributed by atoms with van der Waals surface area (Å²) in [5, 5.41) is 0.256. The summed E-state index contributed by atoms with van der Waals surface area (Å²) in [7, 11) is 1.34. The van der Waals surface area contributed by atoms with Crippen LogP contribution in [0.15, 0.2) is 72.8 Å². The Morgan fingerprint density at radius 1 is 1.05 bits per heavy atom. The standard InChI is InChI=1S/C34H27ClF2N2O5/c1-34(25-10-8-21(35)17-27(25)37)43-30-5-3-4-24(32(30)44-34)23-9-6-19(14-26(23)36)15-31-38-28-11-7-20(33(40)41-2)16-29(28)39(31)18-22-12-13-42-22/h3-11,14,16-17,22H,12-13,15,18H2,1-2H3/t22-,34?/m0/s1. The maximum atomic E-state index is 15.8. The molecule has 4 aromatic carbocycles. The Hall–Kier alpha value is -4.47. The van der Waals surface area contributed by atoms with Gasteiger partial charge in [0.05, 0.1) is 41.9 Å². The zero-order valence-corrected chi connectivity index (χ0v) is 24.7. The highest BCUT2D eigenvalue weighted by atomic mass is 35.5. The normalized spacial score (nSPS) is 18.8. The van der Waals surface area contributed by atoms with Crippen LogP contribution in [0.25, 0.3) is 22.2 Å². The average Bonchev–Trinajstić information content (AvgIpc) is 3.50. The van der Waals surface area contributed by atoms with Crippen LogP contribution >= 0.6 is 11.6 Å². The average molecular weight is 617 g/mol. The van der Waals surface area contributed by atoms with Gasteiger partial charge in [-0.05, 0) is 60.5 Å². The minimum atomic E-state index is -1.46. The first kappa shape index (κ1) is 28.3. The summed E-state index contributed by atoms with van der Waals surface area (Å²) in [6.07, 6.45) is 1.32. The molecule has 2 atom stereocenters. The fraction of sp³-hybridized carbons (Fsp3) is 0.235. The molecule has 3 heterocycles. The predicted molar refractivity (Wildman–Crippen MR) is 160 cm³/mol. The van der Waals surface area contributed by atoms with E-state index < -0.39 is 23.4 Å². The third-order valence-electron chi connectivity index (χ3n) is 8.11. The van der Waals surface area contributed by atoms with Crippen molar-refractivity contribution in [1.82, 2.24) is 9.55 Å². The lowest BCUT2D eigenvalue weighted by Gasteiger charge is -2.27. The monoisotopic (exact) mass is 616 g/mol. The van der Waals surface area contributed by atoms with Gasteiger partial charge >= 0.3 is 5.97 Å². The topological polar surface area (TPSA) is 71.8 Å². The smallest absolute Gasteiger partial charge is 0.337 e. The second kappa shape index (κ2) is 10.9. The van der Waals surface area contributed by atoms with Crippen molar-refractivity contribution >= 4 is 28.6 Å². The molecule has 0 bridgehead atoms. The van der Waals surface area contributed by atoms with E-state index in [4.69, 9.17) is 35.5 Å². The van der Waals surface area contributed by atoms with Gasteiger partial charge in [-0.25, -0.2) is 18.6 Å². The third kappa shape index (κ3) is 4.96. The minimum absolute atomic E-state index is 0.0430. The number of nitrogens with zero attached hydrogens (tertiary/aromatic N) is 2. The molecule has 1 aromatic heterocycles. The number of halogens is 3. The molecule has 224 valence electrons. The first-order valence-corrected chi connectivity index (χ1v) is 14.5. The van der Waals surface area contributed by atoms with E-state index >= 15 is 4.39 Å². The molecule has 7 nitrogen and oxygen atoms in total. The first-order valence-electron chi connectivity index (χ1n) is 14.2. The molecule has 1 unspecified atom stereocenters. The number of carbonyl (C=O) groups excluding carboxylic acids is 1. The number of aromatic nitrogens is 2. The van der Waals surface area contributed by atoms with Crippen LogP contribution in [-0.4, -0.2) is 35.3 Å².